The summed E-state index contributed by atoms with van der Waals surface area (Å²) in [6.07, 6.45) is 0.523. The fourth-order valence-corrected chi connectivity index (χ4v) is 6.87. The summed E-state index contributed by atoms with van der Waals surface area (Å²) in [6, 6.07) is 20.5. The smallest absolute Gasteiger partial charge is 0.261 e. The van der Waals surface area contributed by atoms with Crippen LogP contribution in [-0.4, -0.2) is 43.1 Å². The molecule has 2 amide bonds. The van der Waals surface area contributed by atoms with Crippen molar-refractivity contribution >= 4 is 63.6 Å². The van der Waals surface area contributed by atoms with Crippen LogP contribution in [0.5, 0.6) is 0 Å². The molecule has 1 aliphatic heterocycles. The van der Waals surface area contributed by atoms with Crippen LogP contribution in [0.2, 0.25) is 5.02 Å². The number of nitrogens with zero attached hydrogens (tertiary/aromatic N) is 5. The molecule has 2 aromatic carbocycles. The zero-order chi connectivity index (χ0) is 29.1. The fourth-order valence-electron chi connectivity index (χ4n) is 4.51. The van der Waals surface area contributed by atoms with Gasteiger partial charge in [-0.25, -0.2) is 9.40 Å². The number of halogens is 2. The predicted octanol–water partition coefficient (Wildman–Crippen LogP) is 6.58. The molecule has 42 heavy (non-hydrogen) atoms. The lowest BCUT2D eigenvalue weighted by Crippen LogP contribution is -2.28. The number of hydrogen-bond donors (Lipinski definition) is 1. The van der Waals surface area contributed by atoms with Crippen molar-refractivity contribution in [3.05, 3.63) is 116 Å². The molecule has 212 valence electrons. The van der Waals surface area contributed by atoms with Gasteiger partial charge >= 0.3 is 0 Å². The molecule has 8 nitrogen and oxygen atoms in total. The minimum absolute atomic E-state index is 0.0270. The van der Waals surface area contributed by atoms with E-state index in [9.17, 15) is 14.0 Å². The Bertz CT molecular complexity index is 1740. The fraction of sp³-hybridized carbons (Fsp3) is 0.138. The molecule has 1 aliphatic rings. The molecular formula is C29H22ClFN6O2S3. The summed E-state index contributed by atoms with van der Waals surface area (Å²) in [5.41, 5.74) is 2.31. The molecule has 1 unspecified atom stereocenters. The number of hydrazone groups is 1. The van der Waals surface area contributed by atoms with Gasteiger partial charge in [0.2, 0.25) is 0 Å². The van der Waals surface area contributed by atoms with Crippen molar-refractivity contribution < 1.29 is 14.0 Å². The van der Waals surface area contributed by atoms with Gasteiger partial charge in [-0.3, -0.25) is 14.2 Å². The lowest BCUT2D eigenvalue weighted by Gasteiger charge is -2.22. The Morgan fingerprint density at radius 1 is 1.02 bits per heavy atom. The summed E-state index contributed by atoms with van der Waals surface area (Å²) in [4.78, 5) is 27.8. The molecular weight excluding hydrogens is 615 g/mol. The summed E-state index contributed by atoms with van der Waals surface area (Å²) >= 11 is 10.4. The number of thiophene rings is 2. The second-order valence-electron chi connectivity index (χ2n) is 9.20. The Morgan fingerprint density at radius 3 is 2.57 bits per heavy atom. The van der Waals surface area contributed by atoms with Crippen molar-refractivity contribution in [3.8, 4) is 5.69 Å². The maximum atomic E-state index is 13.7. The van der Waals surface area contributed by atoms with E-state index >= 15 is 0 Å². The molecule has 0 fully saturated rings. The second kappa shape index (κ2) is 12.6. The largest absolute Gasteiger partial charge is 0.344 e. The molecule has 13 heteroatoms. The van der Waals surface area contributed by atoms with Crippen LogP contribution in [0.25, 0.3) is 5.69 Å². The number of nitrogens with one attached hydrogen (secondary N) is 1. The number of rotatable bonds is 9. The van der Waals surface area contributed by atoms with Crippen molar-refractivity contribution in [1.82, 2.24) is 25.1 Å². The summed E-state index contributed by atoms with van der Waals surface area (Å²) in [6.45, 7) is 0.123. The Labute approximate surface area is 257 Å². The summed E-state index contributed by atoms with van der Waals surface area (Å²) < 4.78 is 15.4. The van der Waals surface area contributed by atoms with Gasteiger partial charge in [0.05, 0.1) is 39.5 Å². The van der Waals surface area contributed by atoms with E-state index in [1.54, 1.807) is 46.2 Å². The van der Waals surface area contributed by atoms with Crippen LogP contribution in [0.1, 0.15) is 38.4 Å². The molecule has 1 N–H and O–H groups in total. The van der Waals surface area contributed by atoms with Crippen LogP contribution in [0.4, 0.5) is 4.39 Å². The highest BCUT2D eigenvalue weighted by molar-refractivity contribution is 7.99. The lowest BCUT2D eigenvalue weighted by atomic mass is 10.0. The van der Waals surface area contributed by atoms with Crippen molar-refractivity contribution in [2.45, 2.75) is 24.2 Å². The Kier molecular flexibility index (Phi) is 8.47. The van der Waals surface area contributed by atoms with Crippen LogP contribution >= 0.6 is 46.0 Å². The highest BCUT2D eigenvalue weighted by Gasteiger charge is 2.33. The molecule has 0 bridgehead atoms. The van der Waals surface area contributed by atoms with E-state index in [2.05, 4.69) is 15.5 Å². The molecule has 5 aromatic rings. The highest BCUT2D eigenvalue weighted by Crippen LogP contribution is 2.35. The third-order valence-electron chi connectivity index (χ3n) is 6.47. The van der Waals surface area contributed by atoms with Gasteiger partial charge in [0.15, 0.2) is 11.0 Å². The molecule has 4 heterocycles. The molecule has 0 saturated carbocycles. The molecule has 1 atom stereocenters. The maximum Gasteiger partial charge on any atom is 0.261 e. The Hall–Kier alpha value is -3.84. The van der Waals surface area contributed by atoms with Gasteiger partial charge in [-0.15, -0.1) is 32.9 Å². The van der Waals surface area contributed by atoms with Crippen LogP contribution < -0.4 is 5.32 Å². The number of carbonyl (C=O) groups is 2. The molecule has 3 aromatic heterocycles. The number of benzene rings is 2. The first-order valence-corrected chi connectivity index (χ1v) is 15.9. The van der Waals surface area contributed by atoms with Gasteiger partial charge in [-0.1, -0.05) is 53.7 Å². The molecule has 0 saturated heterocycles. The summed E-state index contributed by atoms with van der Waals surface area (Å²) in [5.74, 6) is -0.267. The topological polar surface area (TPSA) is 92.5 Å². The Balaban J connectivity index is 1.24. The first-order valence-electron chi connectivity index (χ1n) is 12.8. The van der Waals surface area contributed by atoms with E-state index in [1.807, 2.05) is 41.1 Å². The number of amides is 2. The maximum absolute atomic E-state index is 13.7. The monoisotopic (exact) mass is 636 g/mol. The number of carbonyl (C=O) groups excluding carboxylic acids is 2. The Morgan fingerprint density at radius 2 is 1.83 bits per heavy atom. The van der Waals surface area contributed by atoms with Crippen molar-refractivity contribution in [3.63, 3.8) is 0 Å². The van der Waals surface area contributed by atoms with E-state index in [0.717, 1.165) is 16.2 Å². The summed E-state index contributed by atoms with van der Waals surface area (Å²) in [7, 11) is 0. The van der Waals surface area contributed by atoms with Crippen LogP contribution in [0.15, 0.2) is 93.8 Å². The van der Waals surface area contributed by atoms with Crippen molar-refractivity contribution in [2.24, 2.45) is 5.10 Å². The van der Waals surface area contributed by atoms with Crippen molar-refractivity contribution in [2.75, 3.05) is 5.75 Å². The zero-order valence-corrected chi connectivity index (χ0v) is 25.0. The van der Waals surface area contributed by atoms with Gasteiger partial charge in [0, 0.05) is 11.4 Å². The summed E-state index contributed by atoms with van der Waals surface area (Å²) in [5, 5.41) is 22.5. The number of hydrogen-bond acceptors (Lipinski definition) is 8. The minimum atomic E-state index is -0.357. The molecule has 6 rings (SSSR count). The van der Waals surface area contributed by atoms with Gasteiger partial charge in [-0.2, -0.15) is 5.10 Å². The zero-order valence-electron chi connectivity index (χ0n) is 21.8. The van der Waals surface area contributed by atoms with Crippen LogP contribution in [0, 0.1) is 5.82 Å². The van der Waals surface area contributed by atoms with Crippen LogP contribution in [-0.2, 0) is 11.3 Å². The molecule has 0 radical (unpaired) electrons. The average Bonchev–Trinajstić information content (AvgIpc) is 3.81. The van der Waals surface area contributed by atoms with E-state index in [4.69, 9.17) is 16.7 Å². The first-order chi connectivity index (χ1) is 20.5. The quantitative estimate of drug-likeness (QED) is 0.185. The molecule has 0 spiro atoms. The SMILES string of the molecule is O=C(NCc1nnc(SCC(=O)N2N=C(c3cccs3)CC2c2ccc(F)cc2)n1-c1cccc(Cl)c1)c1cccs1. The van der Waals surface area contributed by atoms with Crippen molar-refractivity contribution in [1.29, 1.82) is 0 Å². The van der Waals surface area contributed by atoms with E-state index < -0.39 is 0 Å². The van der Waals surface area contributed by atoms with Gasteiger partial charge in [-0.05, 0) is 58.8 Å². The van der Waals surface area contributed by atoms with Gasteiger partial charge in [0.25, 0.3) is 11.8 Å². The van der Waals surface area contributed by atoms with Crippen LogP contribution in [0.3, 0.4) is 0 Å². The third kappa shape index (κ3) is 6.16. The lowest BCUT2D eigenvalue weighted by molar-refractivity contribution is -0.130. The number of thioether (sulfide) groups is 1. The van der Waals surface area contributed by atoms with Gasteiger partial charge < -0.3 is 5.32 Å². The normalized spacial score (nSPS) is 14.7. The number of aromatic nitrogens is 3. The predicted molar refractivity (Wildman–Crippen MR) is 164 cm³/mol. The third-order valence-corrected chi connectivity index (χ3v) is 9.41. The first kappa shape index (κ1) is 28.3. The van der Waals surface area contributed by atoms with E-state index in [0.29, 0.717) is 33.0 Å². The van der Waals surface area contributed by atoms with E-state index in [1.165, 1.54) is 40.2 Å². The van der Waals surface area contributed by atoms with E-state index in [-0.39, 0.29) is 36.0 Å². The standard InChI is InChI=1S/C29H22ClFN6O2S3/c30-19-4-1-5-21(14-19)36-26(16-32-28(39)25-7-3-13-41-25)33-34-29(36)42-17-27(38)37-23(18-8-10-20(31)11-9-18)15-22(35-37)24-6-2-12-40-24/h1-14,23H,15-17H2,(H,32,39). The average molecular weight is 637 g/mol. The van der Waals surface area contributed by atoms with Gasteiger partial charge in [0.1, 0.15) is 5.82 Å². The highest BCUT2D eigenvalue weighted by atomic mass is 35.5. The second-order valence-corrected chi connectivity index (χ2v) is 12.5. The molecule has 0 aliphatic carbocycles. The minimum Gasteiger partial charge on any atom is -0.344 e.